The first-order valence-electron chi connectivity index (χ1n) is 10.6. The summed E-state index contributed by atoms with van der Waals surface area (Å²) in [5.41, 5.74) is 2.17. The number of benzene rings is 2. The van der Waals surface area contributed by atoms with Crippen molar-refractivity contribution in [1.29, 1.82) is 0 Å². The number of nitrogens with one attached hydrogen (secondary N) is 2. The van der Waals surface area contributed by atoms with E-state index in [0.29, 0.717) is 43.6 Å². The SMILES string of the molecule is C=CCNC(=O)C(NC(=O)c1cccc(C)c1)C1CCN(C(=O)c2ccccc2)CC1. The molecule has 1 heterocycles. The summed E-state index contributed by atoms with van der Waals surface area (Å²) in [6, 6.07) is 15.8. The Morgan fingerprint density at radius 2 is 1.74 bits per heavy atom. The van der Waals surface area contributed by atoms with E-state index in [-0.39, 0.29) is 23.6 Å². The van der Waals surface area contributed by atoms with E-state index < -0.39 is 6.04 Å². The summed E-state index contributed by atoms with van der Waals surface area (Å²) >= 11 is 0. The minimum atomic E-state index is -0.665. The maximum atomic E-state index is 12.8. The predicted octanol–water partition coefficient (Wildman–Crippen LogP) is 2.95. The lowest BCUT2D eigenvalue weighted by molar-refractivity contribution is -0.124. The Morgan fingerprint density at radius 3 is 2.39 bits per heavy atom. The molecule has 1 atom stereocenters. The number of nitrogens with zero attached hydrogens (tertiary/aromatic N) is 1. The van der Waals surface area contributed by atoms with Crippen LogP contribution in [0.4, 0.5) is 0 Å². The quantitative estimate of drug-likeness (QED) is 0.678. The van der Waals surface area contributed by atoms with Crippen LogP contribution in [0.15, 0.2) is 67.3 Å². The molecule has 2 aromatic rings. The van der Waals surface area contributed by atoms with Gasteiger partial charge in [0.05, 0.1) is 0 Å². The van der Waals surface area contributed by atoms with Crippen LogP contribution in [-0.2, 0) is 4.79 Å². The van der Waals surface area contributed by atoms with Gasteiger partial charge in [0.1, 0.15) is 6.04 Å². The Hall–Kier alpha value is -3.41. The van der Waals surface area contributed by atoms with Gasteiger partial charge in [0.15, 0.2) is 0 Å². The van der Waals surface area contributed by atoms with Crippen LogP contribution in [0.2, 0.25) is 0 Å². The lowest BCUT2D eigenvalue weighted by Gasteiger charge is -2.35. The van der Waals surface area contributed by atoms with Crippen molar-refractivity contribution in [3.8, 4) is 0 Å². The van der Waals surface area contributed by atoms with Gasteiger partial charge in [-0.3, -0.25) is 14.4 Å². The summed E-state index contributed by atoms with van der Waals surface area (Å²) < 4.78 is 0. The van der Waals surface area contributed by atoms with E-state index in [1.54, 1.807) is 18.2 Å². The van der Waals surface area contributed by atoms with Crippen molar-refractivity contribution in [2.24, 2.45) is 5.92 Å². The number of hydrogen-bond donors (Lipinski definition) is 2. The zero-order valence-corrected chi connectivity index (χ0v) is 17.8. The highest BCUT2D eigenvalue weighted by molar-refractivity contribution is 5.98. The molecular weight excluding hydrogens is 390 g/mol. The molecule has 1 aliphatic rings. The molecule has 0 saturated carbocycles. The molecule has 1 aliphatic heterocycles. The van der Waals surface area contributed by atoms with Crippen LogP contribution in [-0.4, -0.2) is 48.3 Å². The molecule has 3 rings (SSSR count). The van der Waals surface area contributed by atoms with Crippen molar-refractivity contribution in [1.82, 2.24) is 15.5 Å². The Morgan fingerprint density at radius 1 is 1.06 bits per heavy atom. The van der Waals surface area contributed by atoms with Gasteiger partial charge in [-0.25, -0.2) is 0 Å². The molecule has 1 saturated heterocycles. The predicted molar refractivity (Wildman–Crippen MR) is 121 cm³/mol. The molecule has 2 N–H and O–H groups in total. The molecule has 0 aromatic heterocycles. The number of carbonyl (C=O) groups is 3. The van der Waals surface area contributed by atoms with E-state index in [4.69, 9.17) is 0 Å². The molecule has 0 radical (unpaired) electrons. The Labute approximate surface area is 183 Å². The topological polar surface area (TPSA) is 78.5 Å². The number of piperidine rings is 1. The molecule has 3 amide bonds. The van der Waals surface area contributed by atoms with E-state index in [1.165, 1.54) is 0 Å². The summed E-state index contributed by atoms with van der Waals surface area (Å²) in [5, 5.41) is 5.73. The number of rotatable bonds is 7. The molecule has 162 valence electrons. The molecule has 1 fully saturated rings. The standard InChI is InChI=1S/C25H29N3O3/c1-3-14-26-24(30)22(27-23(29)21-11-7-8-18(2)17-21)19-12-15-28(16-13-19)25(31)20-9-5-4-6-10-20/h3-11,17,19,22H,1,12-16H2,2H3,(H,26,30)(H,27,29). The zero-order valence-electron chi connectivity index (χ0n) is 17.8. The minimum absolute atomic E-state index is 0.00416. The van der Waals surface area contributed by atoms with Gasteiger partial charge < -0.3 is 15.5 Å². The van der Waals surface area contributed by atoms with Crippen molar-refractivity contribution >= 4 is 17.7 Å². The zero-order chi connectivity index (χ0) is 22.2. The van der Waals surface area contributed by atoms with E-state index >= 15 is 0 Å². The van der Waals surface area contributed by atoms with Crippen molar-refractivity contribution in [2.75, 3.05) is 19.6 Å². The van der Waals surface area contributed by atoms with Gasteiger partial charge in [0.25, 0.3) is 11.8 Å². The van der Waals surface area contributed by atoms with Crippen LogP contribution in [0.25, 0.3) is 0 Å². The molecular formula is C25H29N3O3. The smallest absolute Gasteiger partial charge is 0.253 e. The second kappa shape index (κ2) is 10.6. The molecule has 0 bridgehead atoms. The van der Waals surface area contributed by atoms with Gasteiger partial charge in [-0.05, 0) is 49.9 Å². The molecule has 0 aliphatic carbocycles. The Balaban J connectivity index is 1.68. The van der Waals surface area contributed by atoms with Crippen LogP contribution in [0.3, 0.4) is 0 Å². The third-order valence-corrected chi connectivity index (χ3v) is 5.59. The fourth-order valence-corrected chi connectivity index (χ4v) is 3.89. The second-order valence-electron chi connectivity index (χ2n) is 7.85. The number of amides is 3. The average Bonchev–Trinajstić information content (AvgIpc) is 2.81. The summed E-state index contributed by atoms with van der Waals surface area (Å²) in [6.07, 6.45) is 2.89. The van der Waals surface area contributed by atoms with Gasteiger partial charge in [0.2, 0.25) is 5.91 Å². The third kappa shape index (κ3) is 5.81. The van der Waals surface area contributed by atoms with E-state index in [2.05, 4.69) is 17.2 Å². The fourth-order valence-electron chi connectivity index (χ4n) is 3.89. The van der Waals surface area contributed by atoms with Crippen molar-refractivity contribution in [3.05, 3.63) is 83.9 Å². The number of carbonyl (C=O) groups excluding carboxylic acids is 3. The highest BCUT2D eigenvalue weighted by Crippen LogP contribution is 2.23. The maximum Gasteiger partial charge on any atom is 0.253 e. The summed E-state index contributed by atoms with van der Waals surface area (Å²) in [4.78, 5) is 40.2. The number of aryl methyl sites for hydroxylation is 1. The number of likely N-dealkylation sites (tertiary alicyclic amines) is 1. The van der Waals surface area contributed by atoms with Gasteiger partial charge in [0, 0.05) is 30.8 Å². The average molecular weight is 420 g/mol. The fraction of sp³-hybridized carbons (Fsp3) is 0.320. The van der Waals surface area contributed by atoms with Gasteiger partial charge in [-0.2, -0.15) is 0 Å². The number of hydrogen-bond acceptors (Lipinski definition) is 3. The van der Waals surface area contributed by atoms with Gasteiger partial charge >= 0.3 is 0 Å². The molecule has 6 nitrogen and oxygen atoms in total. The monoisotopic (exact) mass is 419 g/mol. The normalized spacial score (nSPS) is 15.1. The van der Waals surface area contributed by atoms with Crippen LogP contribution < -0.4 is 10.6 Å². The third-order valence-electron chi connectivity index (χ3n) is 5.59. The largest absolute Gasteiger partial charge is 0.351 e. The first kappa shape index (κ1) is 22.3. The lowest BCUT2D eigenvalue weighted by Crippen LogP contribution is -2.53. The van der Waals surface area contributed by atoms with Crippen LogP contribution in [0, 0.1) is 12.8 Å². The highest BCUT2D eigenvalue weighted by atomic mass is 16.2. The van der Waals surface area contributed by atoms with Gasteiger partial charge in [-0.1, -0.05) is 42.0 Å². The molecule has 1 unspecified atom stereocenters. The van der Waals surface area contributed by atoms with Crippen LogP contribution in [0.5, 0.6) is 0 Å². The summed E-state index contributed by atoms with van der Waals surface area (Å²) in [5.74, 6) is -0.562. The molecule has 2 aromatic carbocycles. The minimum Gasteiger partial charge on any atom is -0.351 e. The van der Waals surface area contributed by atoms with Crippen molar-refractivity contribution in [3.63, 3.8) is 0 Å². The summed E-state index contributed by atoms with van der Waals surface area (Å²) in [6.45, 7) is 6.98. The lowest BCUT2D eigenvalue weighted by atomic mass is 9.88. The van der Waals surface area contributed by atoms with Crippen molar-refractivity contribution < 1.29 is 14.4 Å². The van der Waals surface area contributed by atoms with Crippen molar-refractivity contribution in [2.45, 2.75) is 25.8 Å². The van der Waals surface area contributed by atoms with E-state index in [9.17, 15) is 14.4 Å². The highest BCUT2D eigenvalue weighted by Gasteiger charge is 2.34. The molecule has 0 spiro atoms. The Kier molecular flexibility index (Phi) is 7.60. The summed E-state index contributed by atoms with van der Waals surface area (Å²) in [7, 11) is 0. The van der Waals surface area contributed by atoms with Gasteiger partial charge in [-0.15, -0.1) is 6.58 Å². The van der Waals surface area contributed by atoms with E-state index in [1.807, 2.05) is 54.3 Å². The Bertz CT molecular complexity index is 934. The van der Waals surface area contributed by atoms with E-state index in [0.717, 1.165) is 5.56 Å². The van der Waals surface area contributed by atoms with Crippen LogP contribution >= 0.6 is 0 Å². The first-order chi connectivity index (χ1) is 15.0. The second-order valence-corrected chi connectivity index (χ2v) is 7.85. The molecule has 31 heavy (non-hydrogen) atoms. The maximum absolute atomic E-state index is 12.8. The van der Waals surface area contributed by atoms with Crippen LogP contribution in [0.1, 0.15) is 39.1 Å². The molecule has 6 heteroatoms. The first-order valence-corrected chi connectivity index (χ1v) is 10.6.